The molecule has 128 valence electrons. The van der Waals surface area contributed by atoms with E-state index in [0.29, 0.717) is 11.5 Å². The van der Waals surface area contributed by atoms with E-state index in [1.54, 1.807) is 10.9 Å². The van der Waals surface area contributed by atoms with E-state index >= 15 is 0 Å². The summed E-state index contributed by atoms with van der Waals surface area (Å²) in [6.07, 6.45) is -0.857. The van der Waals surface area contributed by atoms with Gasteiger partial charge in [0.1, 0.15) is 5.69 Å². The Balaban J connectivity index is 1.30. The lowest BCUT2D eigenvalue weighted by molar-refractivity contribution is -0.166. The zero-order chi connectivity index (χ0) is 16.2. The normalized spacial score (nSPS) is 25.0. The lowest BCUT2D eigenvalue weighted by atomic mass is 9.60. The number of nitrogens with two attached hydrogens (primary N) is 1. The molecule has 2 aliphatic heterocycles. The second-order valence-corrected chi connectivity index (χ2v) is 6.93. The first-order valence-corrected chi connectivity index (χ1v) is 7.70. The first kappa shape index (κ1) is 15.1. The van der Waals surface area contributed by atoms with Crippen LogP contribution in [0.25, 0.3) is 0 Å². The molecule has 1 aromatic rings. The topological polar surface area (TPSA) is 65.5 Å². The Morgan fingerprint density at radius 2 is 2.00 bits per heavy atom. The number of ether oxygens (including phenoxy) is 2. The van der Waals surface area contributed by atoms with E-state index < -0.39 is 12.8 Å². The van der Waals surface area contributed by atoms with Crippen LogP contribution >= 0.6 is 0 Å². The van der Waals surface area contributed by atoms with Crippen molar-refractivity contribution in [3.63, 3.8) is 0 Å². The fraction of sp³-hybridized carbons (Fsp3) is 0.786. The molecule has 1 spiro atoms. The standard InChI is InChI=1S/C14H19F3N4O2/c15-14(16,17)8-23-12-11(18)3-21(19-12)9-1-13(2-9)6-20(7-13)10-4-22-5-10/h3,9-10H,1-2,4-8,18H2. The summed E-state index contributed by atoms with van der Waals surface area (Å²) in [5.74, 6) is -0.134. The maximum Gasteiger partial charge on any atom is 0.422 e. The van der Waals surface area contributed by atoms with Crippen LogP contribution in [0.1, 0.15) is 18.9 Å². The number of nitrogen functional groups attached to an aromatic ring is 1. The third kappa shape index (κ3) is 2.76. The Morgan fingerprint density at radius 3 is 2.57 bits per heavy atom. The summed E-state index contributed by atoms with van der Waals surface area (Å²) in [6.45, 7) is 2.43. The summed E-state index contributed by atoms with van der Waals surface area (Å²) < 4.78 is 48.1. The molecule has 0 bridgehead atoms. The zero-order valence-corrected chi connectivity index (χ0v) is 12.6. The second kappa shape index (κ2) is 5.01. The monoisotopic (exact) mass is 332 g/mol. The number of likely N-dealkylation sites (tertiary alicyclic amines) is 1. The third-order valence-corrected chi connectivity index (χ3v) is 5.02. The van der Waals surface area contributed by atoms with Gasteiger partial charge in [-0.05, 0) is 18.3 Å². The number of hydrogen-bond donors (Lipinski definition) is 1. The van der Waals surface area contributed by atoms with Gasteiger partial charge in [-0.2, -0.15) is 13.2 Å². The van der Waals surface area contributed by atoms with Crippen molar-refractivity contribution in [2.75, 3.05) is 38.6 Å². The molecular weight excluding hydrogens is 313 g/mol. The van der Waals surface area contributed by atoms with Crippen LogP contribution in [0, 0.1) is 5.41 Å². The van der Waals surface area contributed by atoms with E-state index in [2.05, 4.69) is 14.7 Å². The average molecular weight is 332 g/mol. The lowest BCUT2D eigenvalue weighted by Gasteiger charge is -2.61. The van der Waals surface area contributed by atoms with Gasteiger partial charge in [0.25, 0.3) is 5.88 Å². The van der Waals surface area contributed by atoms with Crippen molar-refractivity contribution in [3.8, 4) is 5.88 Å². The van der Waals surface area contributed by atoms with Crippen molar-refractivity contribution in [1.82, 2.24) is 14.7 Å². The highest BCUT2D eigenvalue weighted by Crippen LogP contribution is 2.55. The van der Waals surface area contributed by atoms with E-state index in [-0.39, 0.29) is 17.6 Å². The SMILES string of the molecule is Nc1cn(C2CC3(C2)CN(C2COC2)C3)nc1OCC(F)(F)F. The van der Waals surface area contributed by atoms with Gasteiger partial charge >= 0.3 is 6.18 Å². The van der Waals surface area contributed by atoms with Gasteiger partial charge in [-0.25, -0.2) is 0 Å². The van der Waals surface area contributed by atoms with Crippen LogP contribution in [0.4, 0.5) is 18.9 Å². The zero-order valence-electron chi connectivity index (χ0n) is 12.6. The molecule has 2 saturated heterocycles. The molecular formula is C14H19F3N4O2. The van der Waals surface area contributed by atoms with Crippen LogP contribution in [0.15, 0.2) is 6.20 Å². The molecule has 0 aromatic carbocycles. The molecule has 0 radical (unpaired) electrons. The second-order valence-electron chi connectivity index (χ2n) is 6.93. The summed E-state index contributed by atoms with van der Waals surface area (Å²) in [4.78, 5) is 2.44. The third-order valence-electron chi connectivity index (χ3n) is 5.02. The minimum absolute atomic E-state index is 0.134. The van der Waals surface area contributed by atoms with Crippen molar-refractivity contribution in [3.05, 3.63) is 6.20 Å². The molecule has 4 rings (SSSR count). The van der Waals surface area contributed by atoms with Crippen molar-refractivity contribution in [2.45, 2.75) is 31.1 Å². The van der Waals surface area contributed by atoms with E-state index in [1.807, 2.05) is 0 Å². The number of anilines is 1. The highest BCUT2D eigenvalue weighted by atomic mass is 19.4. The molecule has 0 unspecified atom stereocenters. The number of halogens is 3. The highest BCUT2D eigenvalue weighted by Gasteiger charge is 2.55. The van der Waals surface area contributed by atoms with E-state index in [0.717, 1.165) is 39.1 Å². The van der Waals surface area contributed by atoms with E-state index in [4.69, 9.17) is 10.5 Å². The number of rotatable bonds is 4. The summed E-state index contributed by atoms with van der Waals surface area (Å²) in [5.41, 5.74) is 6.18. The quantitative estimate of drug-likeness (QED) is 0.904. The summed E-state index contributed by atoms with van der Waals surface area (Å²) in [5, 5.41) is 4.08. The van der Waals surface area contributed by atoms with Crippen LogP contribution in [-0.2, 0) is 4.74 Å². The Bertz CT molecular complexity index is 585. The molecule has 1 aliphatic carbocycles. The van der Waals surface area contributed by atoms with Gasteiger partial charge in [-0.3, -0.25) is 9.58 Å². The molecule has 23 heavy (non-hydrogen) atoms. The predicted octanol–water partition coefficient (Wildman–Crippen LogP) is 1.44. The van der Waals surface area contributed by atoms with Gasteiger partial charge < -0.3 is 15.2 Å². The van der Waals surface area contributed by atoms with Crippen molar-refractivity contribution < 1.29 is 22.6 Å². The average Bonchev–Trinajstić information content (AvgIpc) is 2.65. The molecule has 3 aliphatic rings. The number of hydrogen-bond acceptors (Lipinski definition) is 5. The van der Waals surface area contributed by atoms with Gasteiger partial charge in [0.2, 0.25) is 0 Å². The molecule has 1 aromatic heterocycles. The predicted molar refractivity (Wildman–Crippen MR) is 75.1 cm³/mol. The molecule has 2 N–H and O–H groups in total. The smallest absolute Gasteiger partial charge is 0.422 e. The van der Waals surface area contributed by atoms with Gasteiger partial charge in [0, 0.05) is 13.1 Å². The van der Waals surface area contributed by atoms with E-state index in [9.17, 15) is 13.2 Å². The Kier molecular flexibility index (Phi) is 3.28. The summed E-state index contributed by atoms with van der Waals surface area (Å²) >= 11 is 0. The van der Waals surface area contributed by atoms with Crippen LogP contribution in [-0.4, -0.2) is 59.8 Å². The van der Waals surface area contributed by atoms with Gasteiger partial charge in [0.15, 0.2) is 6.61 Å². The van der Waals surface area contributed by atoms with E-state index in [1.165, 1.54) is 0 Å². The van der Waals surface area contributed by atoms with Gasteiger partial charge in [-0.15, -0.1) is 5.10 Å². The maximum absolute atomic E-state index is 12.2. The van der Waals surface area contributed by atoms with Crippen LogP contribution in [0.2, 0.25) is 0 Å². The molecule has 3 fully saturated rings. The minimum atomic E-state index is -4.39. The van der Waals surface area contributed by atoms with Gasteiger partial charge in [-0.1, -0.05) is 0 Å². The molecule has 6 nitrogen and oxygen atoms in total. The molecule has 0 atom stereocenters. The summed E-state index contributed by atoms with van der Waals surface area (Å²) in [7, 11) is 0. The number of alkyl halides is 3. The Hall–Kier alpha value is -1.48. The Labute approximate surface area is 131 Å². The number of nitrogens with zero attached hydrogens (tertiary/aromatic N) is 3. The molecule has 1 saturated carbocycles. The van der Waals surface area contributed by atoms with Crippen molar-refractivity contribution in [1.29, 1.82) is 0 Å². The van der Waals surface area contributed by atoms with Crippen molar-refractivity contribution >= 4 is 5.69 Å². The Morgan fingerprint density at radius 1 is 1.30 bits per heavy atom. The fourth-order valence-electron chi connectivity index (χ4n) is 3.73. The molecule has 9 heteroatoms. The summed E-state index contributed by atoms with van der Waals surface area (Å²) in [6, 6.07) is 0.766. The van der Waals surface area contributed by atoms with Crippen molar-refractivity contribution in [2.24, 2.45) is 5.41 Å². The minimum Gasteiger partial charge on any atom is -0.466 e. The largest absolute Gasteiger partial charge is 0.466 e. The first-order chi connectivity index (χ1) is 10.8. The van der Waals surface area contributed by atoms with Gasteiger partial charge in [0.05, 0.1) is 31.5 Å². The number of aromatic nitrogens is 2. The first-order valence-electron chi connectivity index (χ1n) is 7.70. The highest BCUT2D eigenvalue weighted by molar-refractivity contribution is 5.46. The fourth-order valence-corrected chi connectivity index (χ4v) is 3.73. The lowest BCUT2D eigenvalue weighted by Crippen LogP contribution is -2.68. The maximum atomic E-state index is 12.2. The molecule has 0 amide bonds. The molecule has 3 heterocycles. The van der Waals surface area contributed by atoms with Crippen LogP contribution in [0.3, 0.4) is 0 Å². The van der Waals surface area contributed by atoms with Crippen LogP contribution in [0.5, 0.6) is 5.88 Å². The van der Waals surface area contributed by atoms with Crippen LogP contribution < -0.4 is 10.5 Å².